The number of pyridine rings is 1. The standard InChI is InChI=1S/C33H31F2N7O4/c1-20-33(18-43-19-33)44-14-13-42(20)25-15-21(7-8-22-9-11-40(2)39-22)16-36-32(25)45-23-10-12-41(17-23)31-28-27(37-30(38-31)29(34)35)24-5-3-4-6-26(24)46-28/h3-6,9,11,15-16,20,23,29H,10,12-14,17-19H2,1-2H3/t20-,23-/m0/s1. The summed E-state index contributed by atoms with van der Waals surface area (Å²) in [7, 11) is 1.85. The number of halogens is 2. The Morgan fingerprint density at radius 3 is 2.76 bits per heavy atom. The molecule has 7 heterocycles. The lowest BCUT2D eigenvalue weighted by atomic mass is 9.90. The van der Waals surface area contributed by atoms with Crippen LogP contribution in [-0.2, 0) is 16.5 Å². The normalized spacial score (nSPS) is 20.8. The molecule has 11 nitrogen and oxygen atoms in total. The van der Waals surface area contributed by atoms with Crippen molar-refractivity contribution in [3.63, 3.8) is 0 Å². The largest absolute Gasteiger partial charge is 0.471 e. The van der Waals surface area contributed by atoms with E-state index in [4.69, 9.17) is 23.6 Å². The van der Waals surface area contributed by atoms with Crippen LogP contribution < -0.4 is 14.5 Å². The molecule has 1 spiro atoms. The van der Waals surface area contributed by atoms with E-state index < -0.39 is 12.2 Å². The first-order valence-corrected chi connectivity index (χ1v) is 15.3. The summed E-state index contributed by atoms with van der Waals surface area (Å²) in [6.07, 6.45) is 1.08. The lowest BCUT2D eigenvalue weighted by Crippen LogP contribution is -2.68. The first-order chi connectivity index (χ1) is 22.4. The minimum absolute atomic E-state index is 0.00776. The van der Waals surface area contributed by atoms with Crippen LogP contribution in [-0.4, -0.2) is 81.9 Å². The highest BCUT2D eigenvalue weighted by Crippen LogP contribution is 2.40. The van der Waals surface area contributed by atoms with Gasteiger partial charge < -0.3 is 28.4 Å². The van der Waals surface area contributed by atoms with Crippen LogP contribution in [0.15, 0.2) is 53.2 Å². The fraction of sp³-hybridized carbons (Fsp3) is 0.394. The smallest absolute Gasteiger partial charge is 0.297 e. The van der Waals surface area contributed by atoms with Crippen LogP contribution in [0.3, 0.4) is 0 Å². The summed E-state index contributed by atoms with van der Waals surface area (Å²) in [4.78, 5) is 17.3. The summed E-state index contributed by atoms with van der Waals surface area (Å²) in [6.45, 7) is 5.32. The fourth-order valence-electron chi connectivity index (χ4n) is 6.41. The Morgan fingerprint density at radius 2 is 1.98 bits per heavy atom. The van der Waals surface area contributed by atoms with Crippen molar-refractivity contribution in [2.24, 2.45) is 7.05 Å². The van der Waals surface area contributed by atoms with Gasteiger partial charge in [0.15, 0.2) is 17.2 Å². The van der Waals surface area contributed by atoms with Crippen molar-refractivity contribution in [2.45, 2.75) is 37.5 Å². The summed E-state index contributed by atoms with van der Waals surface area (Å²) < 4.78 is 53.9. The molecule has 0 unspecified atom stereocenters. The van der Waals surface area contributed by atoms with E-state index in [0.717, 1.165) is 11.3 Å². The Morgan fingerprint density at radius 1 is 1.11 bits per heavy atom. The molecule has 3 fully saturated rings. The molecule has 0 bridgehead atoms. The predicted molar refractivity (Wildman–Crippen MR) is 165 cm³/mol. The van der Waals surface area contributed by atoms with Crippen molar-refractivity contribution in [3.05, 3.63) is 65.9 Å². The lowest BCUT2D eigenvalue weighted by Gasteiger charge is -2.53. The number of fused-ring (bicyclic) bond motifs is 3. The molecule has 236 valence electrons. The molecule has 0 radical (unpaired) electrons. The Hall–Kier alpha value is -4.80. The number of nitrogens with zero attached hydrogens (tertiary/aromatic N) is 7. The second-order valence-corrected chi connectivity index (χ2v) is 11.9. The number of rotatable bonds is 5. The second kappa shape index (κ2) is 11.2. The highest BCUT2D eigenvalue weighted by Gasteiger charge is 2.50. The third kappa shape index (κ3) is 4.98. The molecule has 3 aliphatic rings. The fourth-order valence-corrected chi connectivity index (χ4v) is 6.41. The van der Waals surface area contributed by atoms with Crippen molar-refractivity contribution in [1.29, 1.82) is 0 Å². The number of aryl methyl sites for hydroxylation is 1. The van der Waals surface area contributed by atoms with E-state index in [1.807, 2.05) is 48.5 Å². The molecule has 8 rings (SSSR count). The van der Waals surface area contributed by atoms with E-state index >= 15 is 0 Å². The molecular formula is C33H31F2N7O4. The number of hydrogen-bond acceptors (Lipinski definition) is 10. The van der Waals surface area contributed by atoms with Crippen molar-refractivity contribution >= 4 is 33.6 Å². The molecule has 0 aliphatic carbocycles. The third-order valence-electron chi connectivity index (χ3n) is 8.97. The van der Waals surface area contributed by atoms with Gasteiger partial charge in [-0.3, -0.25) is 4.68 Å². The number of aromatic nitrogens is 5. The van der Waals surface area contributed by atoms with E-state index in [1.165, 1.54) is 0 Å². The summed E-state index contributed by atoms with van der Waals surface area (Å²) in [5.74, 6) is 6.58. The van der Waals surface area contributed by atoms with E-state index in [0.29, 0.717) is 85.3 Å². The van der Waals surface area contributed by atoms with Gasteiger partial charge in [0.25, 0.3) is 6.43 Å². The maximum Gasteiger partial charge on any atom is 0.297 e. The van der Waals surface area contributed by atoms with Crippen LogP contribution in [0.2, 0.25) is 0 Å². The monoisotopic (exact) mass is 627 g/mol. The van der Waals surface area contributed by atoms with Gasteiger partial charge in [-0.2, -0.15) is 5.10 Å². The van der Waals surface area contributed by atoms with Gasteiger partial charge in [0.1, 0.15) is 34.2 Å². The molecule has 4 aromatic heterocycles. The highest BCUT2D eigenvalue weighted by atomic mass is 19.3. The molecule has 1 aromatic carbocycles. The van der Waals surface area contributed by atoms with Crippen molar-refractivity contribution in [3.8, 4) is 17.7 Å². The van der Waals surface area contributed by atoms with E-state index in [9.17, 15) is 8.78 Å². The lowest BCUT2D eigenvalue weighted by molar-refractivity contribution is -0.228. The van der Waals surface area contributed by atoms with Crippen molar-refractivity contribution < 1.29 is 27.4 Å². The first-order valence-electron chi connectivity index (χ1n) is 15.3. The van der Waals surface area contributed by atoms with Gasteiger partial charge in [0, 0.05) is 49.9 Å². The van der Waals surface area contributed by atoms with Gasteiger partial charge in [0.2, 0.25) is 5.88 Å². The predicted octanol–water partition coefficient (Wildman–Crippen LogP) is 4.49. The zero-order valence-corrected chi connectivity index (χ0v) is 25.3. The summed E-state index contributed by atoms with van der Waals surface area (Å²) in [5.41, 5.74) is 3.15. The number of furan rings is 1. The van der Waals surface area contributed by atoms with Crippen LogP contribution in [0.5, 0.6) is 5.88 Å². The molecular weight excluding hydrogens is 596 g/mol. The van der Waals surface area contributed by atoms with E-state index in [2.05, 4.69) is 38.7 Å². The highest BCUT2D eigenvalue weighted by molar-refractivity contribution is 6.05. The van der Waals surface area contributed by atoms with Crippen LogP contribution >= 0.6 is 0 Å². The Balaban J connectivity index is 1.10. The minimum atomic E-state index is -2.82. The zero-order valence-electron chi connectivity index (χ0n) is 25.3. The Kier molecular flexibility index (Phi) is 6.99. The van der Waals surface area contributed by atoms with Gasteiger partial charge in [-0.15, -0.1) is 0 Å². The minimum Gasteiger partial charge on any atom is -0.471 e. The van der Waals surface area contributed by atoms with Gasteiger partial charge in [-0.05, 0) is 37.1 Å². The van der Waals surface area contributed by atoms with Crippen LogP contribution in [0, 0.1) is 11.8 Å². The quantitative estimate of drug-likeness (QED) is 0.259. The number of hydrogen-bond donors (Lipinski definition) is 0. The van der Waals surface area contributed by atoms with E-state index in [1.54, 1.807) is 16.9 Å². The molecule has 5 aromatic rings. The molecule has 0 saturated carbocycles. The van der Waals surface area contributed by atoms with Crippen LogP contribution in [0.25, 0.3) is 22.1 Å². The number of para-hydroxylation sites is 1. The average Bonchev–Trinajstić information content (AvgIpc) is 3.78. The molecule has 3 aliphatic heterocycles. The van der Waals surface area contributed by atoms with Gasteiger partial charge in [-0.1, -0.05) is 18.1 Å². The summed E-state index contributed by atoms with van der Waals surface area (Å²) >= 11 is 0. The molecule has 0 amide bonds. The second-order valence-electron chi connectivity index (χ2n) is 11.9. The van der Waals surface area contributed by atoms with Gasteiger partial charge in [0.05, 0.1) is 32.4 Å². The van der Waals surface area contributed by atoms with Gasteiger partial charge >= 0.3 is 0 Å². The number of anilines is 2. The van der Waals surface area contributed by atoms with Crippen LogP contribution in [0.1, 0.15) is 36.9 Å². The Bertz CT molecular complexity index is 2000. The zero-order chi connectivity index (χ0) is 31.4. The third-order valence-corrected chi connectivity index (χ3v) is 8.97. The molecule has 3 saturated heterocycles. The maximum atomic E-state index is 13.9. The summed E-state index contributed by atoms with van der Waals surface area (Å²) in [6, 6.07) is 11.1. The molecule has 2 atom stereocenters. The molecule has 0 N–H and O–H groups in total. The number of benzene rings is 1. The molecule has 46 heavy (non-hydrogen) atoms. The number of ether oxygens (including phenoxy) is 3. The van der Waals surface area contributed by atoms with E-state index in [-0.39, 0.29) is 17.7 Å². The Labute approximate surface area is 263 Å². The topological polar surface area (TPSA) is 104 Å². The number of alkyl halides is 2. The van der Waals surface area contributed by atoms with Crippen LogP contribution in [0.4, 0.5) is 20.3 Å². The average molecular weight is 628 g/mol. The van der Waals surface area contributed by atoms with Crippen molar-refractivity contribution in [2.75, 3.05) is 49.3 Å². The SMILES string of the molecule is C[C@@H]1N(c2cc(C#Cc3ccn(C)n3)cnc2O[C@H]2CCN(c3nc(C(F)F)nc4c3oc3ccccc34)C2)CCOC12COC2. The van der Waals surface area contributed by atoms with Gasteiger partial charge in [-0.25, -0.2) is 23.7 Å². The molecule has 13 heteroatoms. The number of morpholine rings is 1. The summed E-state index contributed by atoms with van der Waals surface area (Å²) in [5, 5.41) is 5.02. The maximum absolute atomic E-state index is 13.9. The van der Waals surface area contributed by atoms with Crippen molar-refractivity contribution in [1.82, 2.24) is 24.7 Å². The first kappa shape index (κ1) is 28.7.